The quantitative estimate of drug-likeness (QED) is 0.879. The molecule has 2 aliphatic rings. The average Bonchev–Trinajstić information content (AvgIpc) is 2.97. The van der Waals surface area contributed by atoms with Gasteiger partial charge in [-0.3, -0.25) is 0 Å². The van der Waals surface area contributed by atoms with Gasteiger partial charge in [0.1, 0.15) is 5.82 Å². The Morgan fingerprint density at radius 1 is 1.38 bits per heavy atom. The summed E-state index contributed by atoms with van der Waals surface area (Å²) in [5.74, 6) is 1.82. The summed E-state index contributed by atoms with van der Waals surface area (Å²) in [4.78, 5) is 0. The molecule has 3 heterocycles. The van der Waals surface area contributed by atoms with Gasteiger partial charge < -0.3 is 9.88 Å². The normalized spacial score (nSPS) is 25.5. The van der Waals surface area contributed by atoms with Gasteiger partial charge in [0.2, 0.25) is 0 Å². The van der Waals surface area contributed by atoms with E-state index in [-0.39, 0.29) is 11.0 Å². The van der Waals surface area contributed by atoms with Gasteiger partial charge in [-0.1, -0.05) is 17.8 Å². The van der Waals surface area contributed by atoms with Crippen LogP contribution in [0.4, 0.5) is 0 Å². The van der Waals surface area contributed by atoms with Gasteiger partial charge in [-0.15, -0.1) is 10.2 Å². The molecule has 1 fully saturated rings. The standard InChI is InChI=1S/C13H20N4O2S2/c1-17-12(8-10-2-5-14-6-3-10)15-16-13(17)20-11-4-7-21(18,19)9-11/h4,7,10-11,14H,2-3,5-6,8-9H2,1H3. The highest BCUT2D eigenvalue weighted by Crippen LogP contribution is 2.28. The van der Waals surface area contributed by atoms with Gasteiger partial charge in [-0.2, -0.15) is 0 Å². The van der Waals surface area contributed by atoms with Crippen LogP contribution in [-0.2, 0) is 23.3 Å². The molecular formula is C13H20N4O2S2. The molecular weight excluding hydrogens is 308 g/mol. The van der Waals surface area contributed by atoms with Gasteiger partial charge in [0.25, 0.3) is 0 Å². The molecule has 1 aromatic rings. The third kappa shape index (κ3) is 3.67. The molecule has 1 unspecified atom stereocenters. The van der Waals surface area contributed by atoms with Crippen molar-refractivity contribution in [3.05, 3.63) is 17.3 Å². The molecule has 21 heavy (non-hydrogen) atoms. The van der Waals surface area contributed by atoms with Crippen molar-refractivity contribution in [1.29, 1.82) is 0 Å². The van der Waals surface area contributed by atoms with Crippen LogP contribution in [-0.4, -0.2) is 47.3 Å². The zero-order valence-corrected chi connectivity index (χ0v) is 13.7. The minimum atomic E-state index is -3.01. The number of thioether (sulfide) groups is 1. The summed E-state index contributed by atoms with van der Waals surface area (Å²) in [5, 5.41) is 13.9. The van der Waals surface area contributed by atoms with E-state index in [1.165, 1.54) is 30.0 Å². The van der Waals surface area contributed by atoms with E-state index in [1.54, 1.807) is 6.08 Å². The molecule has 1 N–H and O–H groups in total. The second-order valence-electron chi connectivity index (χ2n) is 5.67. The molecule has 0 bridgehead atoms. The van der Waals surface area contributed by atoms with Gasteiger partial charge in [-0.05, 0) is 31.8 Å². The molecule has 116 valence electrons. The summed E-state index contributed by atoms with van der Waals surface area (Å²) in [6.07, 6.45) is 5.05. The maximum absolute atomic E-state index is 11.4. The van der Waals surface area contributed by atoms with Crippen molar-refractivity contribution in [2.75, 3.05) is 18.8 Å². The van der Waals surface area contributed by atoms with E-state index in [4.69, 9.17) is 0 Å². The average molecular weight is 328 g/mol. The third-order valence-corrected chi connectivity index (χ3v) is 6.81. The Hall–Kier alpha value is -0.860. The van der Waals surface area contributed by atoms with Crippen LogP contribution in [0.5, 0.6) is 0 Å². The first-order chi connectivity index (χ1) is 10.0. The van der Waals surface area contributed by atoms with Crippen LogP contribution in [0.25, 0.3) is 0 Å². The summed E-state index contributed by atoms with van der Waals surface area (Å²) >= 11 is 1.47. The molecule has 0 aromatic carbocycles. The molecule has 0 radical (unpaired) electrons. The number of nitrogens with zero attached hydrogens (tertiary/aromatic N) is 3. The van der Waals surface area contributed by atoms with E-state index < -0.39 is 9.84 Å². The van der Waals surface area contributed by atoms with E-state index >= 15 is 0 Å². The lowest BCUT2D eigenvalue weighted by Gasteiger charge is -2.21. The van der Waals surface area contributed by atoms with E-state index in [1.807, 2.05) is 11.6 Å². The Morgan fingerprint density at radius 2 is 2.14 bits per heavy atom. The SMILES string of the molecule is Cn1c(CC2CCNCC2)nnc1SC1C=CS(=O)(=O)C1. The first-order valence-corrected chi connectivity index (χ1v) is 9.79. The van der Waals surface area contributed by atoms with Crippen molar-refractivity contribution in [3.63, 3.8) is 0 Å². The first-order valence-electron chi connectivity index (χ1n) is 7.20. The van der Waals surface area contributed by atoms with Crippen LogP contribution in [0.1, 0.15) is 18.7 Å². The molecule has 8 heteroatoms. The Bertz CT molecular complexity index is 633. The Labute approximate surface area is 129 Å². The van der Waals surface area contributed by atoms with Crippen LogP contribution < -0.4 is 5.32 Å². The van der Waals surface area contributed by atoms with Crippen molar-refractivity contribution in [3.8, 4) is 0 Å². The predicted molar refractivity (Wildman–Crippen MR) is 82.9 cm³/mol. The molecule has 1 saturated heterocycles. The van der Waals surface area contributed by atoms with Crippen LogP contribution >= 0.6 is 11.8 Å². The second-order valence-corrected chi connectivity index (χ2v) is 8.81. The van der Waals surface area contributed by atoms with Crippen LogP contribution in [0, 0.1) is 5.92 Å². The number of nitrogens with one attached hydrogen (secondary N) is 1. The monoisotopic (exact) mass is 328 g/mol. The molecule has 0 aliphatic carbocycles. The zero-order chi connectivity index (χ0) is 14.9. The van der Waals surface area contributed by atoms with Crippen molar-refractivity contribution in [2.45, 2.75) is 29.7 Å². The lowest BCUT2D eigenvalue weighted by Crippen LogP contribution is -2.29. The van der Waals surface area contributed by atoms with Crippen molar-refractivity contribution in [1.82, 2.24) is 20.1 Å². The third-order valence-electron chi connectivity index (χ3n) is 4.01. The first kappa shape index (κ1) is 15.1. The highest BCUT2D eigenvalue weighted by atomic mass is 32.2. The van der Waals surface area contributed by atoms with Crippen LogP contribution in [0.15, 0.2) is 16.6 Å². The smallest absolute Gasteiger partial charge is 0.191 e. The summed E-state index contributed by atoms with van der Waals surface area (Å²) in [7, 11) is -1.05. The largest absolute Gasteiger partial charge is 0.317 e. The fourth-order valence-electron chi connectivity index (χ4n) is 2.73. The van der Waals surface area contributed by atoms with E-state index in [0.717, 1.165) is 30.5 Å². The van der Waals surface area contributed by atoms with Crippen molar-refractivity contribution < 1.29 is 8.42 Å². The summed E-state index contributed by atoms with van der Waals surface area (Å²) in [6, 6.07) is 0. The van der Waals surface area contributed by atoms with E-state index in [2.05, 4.69) is 15.5 Å². The van der Waals surface area contributed by atoms with Gasteiger partial charge in [0, 0.05) is 24.1 Å². The van der Waals surface area contributed by atoms with Gasteiger partial charge in [0.05, 0.1) is 5.75 Å². The van der Waals surface area contributed by atoms with Gasteiger partial charge in [-0.25, -0.2) is 8.42 Å². The van der Waals surface area contributed by atoms with Gasteiger partial charge in [0.15, 0.2) is 15.0 Å². The lowest BCUT2D eigenvalue weighted by atomic mass is 9.94. The zero-order valence-electron chi connectivity index (χ0n) is 12.0. The predicted octanol–water partition coefficient (Wildman–Crippen LogP) is 0.760. The minimum Gasteiger partial charge on any atom is -0.317 e. The fraction of sp³-hybridized carbons (Fsp3) is 0.692. The molecule has 0 spiro atoms. The maximum Gasteiger partial charge on any atom is 0.191 e. The minimum absolute atomic E-state index is 0.0513. The molecule has 6 nitrogen and oxygen atoms in total. The molecule has 1 aromatic heterocycles. The Morgan fingerprint density at radius 3 is 2.81 bits per heavy atom. The summed E-state index contributed by atoms with van der Waals surface area (Å²) in [5.41, 5.74) is 0. The molecule has 1 atom stereocenters. The van der Waals surface area contributed by atoms with Gasteiger partial charge >= 0.3 is 0 Å². The van der Waals surface area contributed by atoms with Crippen molar-refractivity contribution >= 4 is 21.6 Å². The number of hydrogen-bond donors (Lipinski definition) is 1. The number of sulfone groups is 1. The molecule has 0 amide bonds. The van der Waals surface area contributed by atoms with E-state index in [9.17, 15) is 8.42 Å². The van der Waals surface area contributed by atoms with Crippen LogP contribution in [0.3, 0.4) is 0 Å². The highest BCUT2D eigenvalue weighted by Gasteiger charge is 2.25. The highest BCUT2D eigenvalue weighted by molar-refractivity contribution is 8.02. The summed E-state index contributed by atoms with van der Waals surface area (Å²) in [6.45, 7) is 2.16. The maximum atomic E-state index is 11.4. The van der Waals surface area contributed by atoms with E-state index in [0.29, 0.717) is 5.92 Å². The number of aromatic nitrogens is 3. The second kappa shape index (κ2) is 6.10. The number of rotatable bonds is 4. The molecule has 3 rings (SSSR count). The fourth-order valence-corrected chi connectivity index (χ4v) is 5.55. The Balaban J connectivity index is 1.64. The van der Waals surface area contributed by atoms with Crippen LogP contribution in [0.2, 0.25) is 0 Å². The molecule has 2 aliphatic heterocycles. The Kier molecular flexibility index (Phi) is 4.37. The topological polar surface area (TPSA) is 76.9 Å². The number of hydrogen-bond acceptors (Lipinski definition) is 6. The molecule has 0 saturated carbocycles. The lowest BCUT2D eigenvalue weighted by molar-refractivity contribution is 0.363. The van der Waals surface area contributed by atoms with Crippen molar-refractivity contribution in [2.24, 2.45) is 13.0 Å². The summed E-state index contributed by atoms with van der Waals surface area (Å²) < 4.78 is 24.9. The number of piperidine rings is 1.